The first kappa shape index (κ1) is 13.2. The second-order valence-electron chi connectivity index (χ2n) is 0.539. The van der Waals surface area contributed by atoms with Crippen molar-refractivity contribution in [1.82, 2.24) is 0 Å². The van der Waals surface area contributed by atoms with Gasteiger partial charge in [0.1, 0.15) is 0 Å². The van der Waals surface area contributed by atoms with Gasteiger partial charge in [-0.15, -0.1) is 0 Å². The van der Waals surface area contributed by atoms with Crippen LogP contribution in [0.25, 0.3) is 0 Å². The average molecular weight is 294 g/mol. The minimum atomic E-state index is -4.47. The van der Waals surface area contributed by atoms with E-state index in [9.17, 15) is 13.0 Å². The molecular formula is IKO4S2. The van der Waals surface area contributed by atoms with Crippen molar-refractivity contribution >= 4 is 40.8 Å². The molecular weight excluding hydrogens is 294 g/mol. The summed E-state index contributed by atoms with van der Waals surface area (Å²) in [5.41, 5.74) is 0. The molecule has 0 saturated heterocycles. The number of halogens is 1. The third kappa shape index (κ3) is 11.4. The topological polar surface area (TPSA) is 66.4 Å². The van der Waals surface area contributed by atoms with Crippen LogP contribution in [0.15, 0.2) is 0 Å². The number of rotatable bonds is 2. The normalized spacial score (nSPS) is 10.2. The van der Waals surface area contributed by atoms with Crippen LogP contribution < -0.4 is 51.4 Å². The first-order valence-corrected chi connectivity index (χ1v) is 5.61. The van der Waals surface area contributed by atoms with E-state index in [4.69, 9.17) is 0 Å². The molecule has 0 N–H and O–H groups in total. The van der Waals surface area contributed by atoms with Crippen LogP contribution in [-0.4, -0.2) is 13.0 Å². The zero-order valence-electron chi connectivity index (χ0n) is 3.83. The summed E-state index contributed by atoms with van der Waals surface area (Å²) in [6.07, 6.45) is 0. The zero-order valence-corrected chi connectivity index (χ0v) is 10.7. The Labute approximate surface area is 106 Å². The van der Waals surface area contributed by atoms with Crippen LogP contribution in [0.3, 0.4) is 0 Å². The maximum Gasteiger partial charge on any atom is 1.00 e. The fourth-order valence-electron chi connectivity index (χ4n) is 0.0315. The molecule has 0 aromatic heterocycles. The van der Waals surface area contributed by atoms with E-state index in [2.05, 4.69) is 3.63 Å². The maximum absolute atomic E-state index is 9.43. The molecule has 0 fully saturated rings. The molecule has 0 spiro atoms. The van der Waals surface area contributed by atoms with E-state index >= 15 is 0 Å². The molecule has 0 amide bonds. The van der Waals surface area contributed by atoms with Gasteiger partial charge in [0.15, 0.2) is 0 Å². The standard InChI is InChI=1S/HIO4S2.K/c1-6-5-7(2,3)4;/h(H,2,3,4);/q;+1/p-1. The van der Waals surface area contributed by atoms with Gasteiger partial charge in [-0.2, -0.15) is 3.63 Å². The molecule has 44 valence electrons. The van der Waals surface area contributed by atoms with E-state index in [0.29, 0.717) is 9.21 Å². The molecule has 0 aliphatic carbocycles. The molecule has 0 heterocycles. The molecule has 0 aromatic carbocycles. The van der Waals surface area contributed by atoms with E-state index < -0.39 is 10.4 Å². The van der Waals surface area contributed by atoms with Gasteiger partial charge in [0.25, 0.3) is 0 Å². The molecule has 0 unspecified atom stereocenters. The Morgan fingerprint density at radius 1 is 1.62 bits per heavy atom. The fourth-order valence-corrected chi connectivity index (χ4v) is 1.90. The van der Waals surface area contributed by atoms with Crippen LogP contribution in [0, 0.1) is 0 Å². The predicted molar refractivity (Wildman–Crippen MR) is 32.4 cm³/mol. The van der Waals surface area contributed by atoms with E-state index in [1.807, 2.05) is 0 Å². The van der Waals surface area contributed by atoms with Crippen LogP contribution in [0.1, 0.15) is 0 Å². The first-order chi connectivity index (χ1) is 3.06. The Hall–Kier alpha value is 2.59. The quantitative estimate of drug-likeness (QED) is 0.185. The second-order valence-corrected chi connectivity index (χ2v) is 3.10. The molecule has 0 aromatic rings. The number of hydrogen-bond acceptors (Lipinski definition) is 5. The van der Waals surface area contributed by atoms with Crippen molar-refractivity contribution in [3.63, 3.8) is 0 Å². The summed E-state index contributed by atoms with van der Waals surface area (Å²) in [7, 11) is -3.99. The van der Waals surface area contributed by atoms with Crippen molar-refractivity contribution in [2.75, 3.05) is 0 Å². The van der Waals surface area contributed by atoms with Crippen molar-refractivity contribution < 1.29 is 68.0 Å². The van der Waals surface area contributed by atoms with Crippen molar-refractivity contribution in [3.05, 3.63) is 0 Å². The summed E-state index contributed by atoms with van der Waals surface area (Å²) in [4.78, 5) is 0. The van der Waals surface area contributed by atoms with Gasteiger partial charge in [0, 0.05) is 21.2 Å². The van der Waals surface area contributed by atoms with Gasteiger partial charge in [-0.3, -0.25) is 0 Å². The van der Waals surface area contributed by atoms with Gasteiger partial charge in [-0.25, -0.2) is 8.42 Å². The van der Waals surface area contributed by atoms with Crippen LogP contribution in [-0.2, 0) is 14.0 Å². The van der Waals surface area contributed by atoms with Crippen molar-refractivity contribution in [3.8, 4) is 0 Å². The van der Waals surface area contributed by atoms with E-state index in [0.717, 1.165) is 0 Å². The first-order valence-electron chi connectivity index (χ1n) is 0.988. The SMILES string of the molecule is O=S(=O)([O-])OSI.[K+]. The Balaban J connectivity index is 0. The monoisotopic (exact) mass is 294 g/mol. The van der Waals surface area contributed by atoms with Crippen LogP contribution in [0.2, 0.25) is 0 Å². The van der Waals surface area contributed by atoms with Gasteiger partial charge in [0.05, 0.1) is 9.21 Å². The smallest absolute Gasteiger partial charge is 0.725 e. The molecule has 8 heavy (non-hydrogen) atoms. The molecule has 0 radical (unpaired) electrons. The van der Waals surface area contributed by atoms with Crippen molar-refractivity contribution in [2.45, 2.75) is 0 Å². The molecule has 0 aliphatic heterocycles. The summed E-state index contributed by atoms with van der Waals surface area (Å²) < 4.78 is 31.8. The van der Waals surface area contributed by atoms with Gasteiger partial charge < -0.3 is 4.55 Å². The van der Waals surface area contributed by atoms with Crippen LogP contribution in [0.5, 0.6) is 0 Å². The van der Waals surface area contributed by atoms with Gasteiger partial charge in [-0.1, -0.05) is 0 Å². The summed E-state index contributed by atoms with van der Waals surface area (Å²) in [5, 5.41) is 0. The summed E-state index contributed by atoms with van der Waals surface area (Å²) >= 11 is 1.53. The van der Waals surface area contributed by atoms with Gasteiger partial charge >= 0.3 is 51.4 Å². The van der Waals surface area contributed by atoms with Gasteiger partial charge in [0.2, 0.25) is 10.4 Å². The summed E-state index contributed by atoms with van der Waals surface area (Å²) in [6, 6.07) is 0. The maximum atomic E-state index is 9.43. The summed E-state index contributed by atoms with van der Waals surface area (Å²) in [5.74, 6) is 0. The third-order valence-electron chi connectivity index (χ3n) is 0.109. The minimum Gasteiger partial charge on any atom is -0.725 e. The third-order valence-corrected chi connectivity index (χ3v) is 2.30. The molecule has 0 atom stereocenters. The molecule has 0 bridgehead atoms. The second kappa shape index (κ2) is 6.31. The van der Waals surface area contributed by atoms with E-state index in [1.54, 1.807) is 0 Å². The Morgan fingerprint density at radius 3 is 2.00 bits per heavy atom. The predicted octanol–water partition coefficient (Wildman–Crippen LogP) is -2.53. The van der Waals surface area contributed by atoms with Crippen molar-refractivity contribution in [2.24, 2.45) is 0 Å². The Bertz CT molecular complexity index is 127. The van der Waals surface area contributed by atoms with E-state index in [-0.39, 0.29) is 51.4 Å². The molecule has 8 heteroatoms. The molecule has 0 aliphatic rings. The Kier molecular flexibility index (Phi) is 10.4. The fraction of sp³-hybridized carbons (Fsp3) is 0. The van der Waals surface area contributed by atoms with Crippen LogP contribution in [0.4, 0.5) is 0 Å². The van der Waals surface area contributed by atoms with Crippen molar-refractivity contribution in [1.29, 1.82) is 0 Å². The van der Waals surface area contributed by atoms with Crippen LogP contribution >= 0.6 is 30.4 Å². The number of hydrogen-bond donors (Lipinski definition) is 0. The molecule has 0 rings (SSSR count). The van der Waals surface area contributed by atoms with Gasteiger partial charge in [-0.05, 0) is 0 Å². The largest absolute Gasteiger partial charge is 1.00 e. The van der Waals surface area contributed by atoms with E-state index in [1.165, 1.54) is 21.2 Å². The molecule has 0 saturated carbocycles. The zero-order chi connectivity index (χ0) is 5.91. The summed E-state index contributed by atoms with van der Waals surface area (Å²) in [6.45, 7) is 0. The average Bonchev–Trinajstić information content (AvgIpc) is 1.30. The Morgan fingerprint density at radius 2 is 2.00 bits per heavy atom. The minimum absolute atomic E-state index is 0. The molecule has 4 nitrogen and oxygen atoms in total.